The molecule has 1 atom stereocenters. The van der Waals surface area contributed by atoms with Gasteiger partial charge in [0.2, 0.25) is 0 Å². The van der Waals surface area contributed by atoms with Crippen molar-refractivity contribution in [2.24, 2.45) is 0 Å². The lowest BCUT2D eigenvalue weighted by molar-refractivity contribution is 0.269. The first-order valence-corrected chi connectivity index (χ1v) is 9.92. The van der Waals surface area contributed by atoms with Crippen LogP contribution in [0.4, 0.5) is 5.82 Å². The quantitative estimate of drug-likeness (QED) is 0.577. The summed E-state index contributed by atoms with van der Waals surface area (Å²) in [5, 5.41) is 4.11. The van der Waals surface area contributed by atoms with Crippen LogP contribution in [0.3, 0.4) is 0 Å². The summed E-state index contributed by atoms with van der Waals surface area (Å²) in [5.74, 6) is 2.96. The summed E-state index contributed by atoms with van der Waals surface area (Å²) in [6, 6.07) is 18.0. The van der Waals surface area contributed by atoms with E-state index in [1.165, 1.54) is 11.1 Å². The van der Waals surface area contributed by atoms with Gasteiger partial charge in [0.1, 0.15) is 12.4 Å². The van der Waals surface area contributed by atoms with Crippen molar-refractivity contribution in [3.63, 3.8) is 0 Å². The maximum Gasteiger partial charge on any atom is 0.161 e. The number of hydrogen-bond donors (Lipinski definition) is 1. The molecule has 0 spiro atoms. The SMILES string of the molecule is CCOc1cc(CC2CNc3ncccc32)ccc1OCc1ccc(Cl)cc1. The minimum atomic E-state index is 0.416. The van der Waals surface area contributed by atoms with Crippen molar-refractivity contribution < 1.29 is 9.47 Å². The van der Waals surface area contributed by atoms with Gasteiger partial charge in [-0.15, -0.1) is 0 Å². The molecule has 2 heterocycles. The summed E-state index contributed by atoms with van der Waals surface area (Å²) in [4.78, 5) is 4.41. The fourth-order valence-electron chi connectivity index (χ4n) is 3.50. The van der Waals surface area contributed by atoms with Gasteiger partial charge in [-0.25, -0.2) is 4.98 Å². The molecule has 1 aliphatic rings. The van der Waals surface area contributed by atoms with E-state index in [1.54, 1.807) is 0 Å². The van der Waals surface area contributed by atoms with Gasteiger partial charge < -0.3 is 14.8 Å². The number of anilines is 1. The van der Waals surface area contributed by atoms with E-state index in [4.69, 9.17) is 21.1 Å². The Bertz CT molecular complexity index is 944. The molecule has 1 aliphatic heterocycles. The van der Waals surface area contributed by atoms with E-state index in [0.717, 1.165) is 40.9 Å². The van der Waals surface area contributed by atoms with Gasteiger partial charge in [-0.1, -0.05) is 35.9 Å². The van der Waals surface area contributed by atoms with Crippen molar-refractivity contribution in [1.82, 2.24) is 4.98 Å². The third-order valence-corrected chi connectivity index (χ3v) is 5.14. The lowest BCUT2D eigenvalue weighted by Crippen LogP contribution is -2.06. The summed E-state index contributed by atoms with van der Waals surface area (Å²) in [5.41, 5.74) is 3.58. The molecule has 0 saturated heterocycles. The molecular formula is C23H23ClN2O2. The average molecular weight is 395 g/mol. The third-order valence-electron chi connectivity index (χ3n) is 4.89. The number of ether oxygens (including phenoxy) is 2. The molecule has 28 heavy (non-hydrogen) atoms. The first kappa shape index (κ1) is 18.6. The number of rotatable bonds is 7. The predicted octanol–water partition coefficient (Wildman–Crippen LogP) is 5.46. The average Bonchev–Trinajstić information content (AvgIpc) is 3.12. The van der Waals surface area contributed by atoms with Crippen LogP contribution in [0.15, 0.2) is 60.8 Å². The van der Waals surface area contributed by atoms with E-state index in [-0.39, 0.29) is 0 Å². The van der Waals surface area contributed by atoms with Crippen LogP contribution in [0.1, 0.15) is 29.5 Å². The molecule has 0 fully saturated rings. The first-order chi connectivity index (χ1) is 13.7. The highest BCUT2D eigenvalue weighted by atomic mass is 35.5. The van der Waals surface area contributed by atoms with E-state index in [9.17, 15) is 0 Å². The Morgan fingerprint density at radius 2 is 1.86 bits per heavy atom. The minimum Gasteiger partial charge on any atom is -0.490 e. The normalized spacial score (nSPS) is 15.0. The maximum absolute atomic E-state index is 6.01. The number of aromatic nitrogens is 1. The number of nitrogens with one attached hydrogen (secondary N) is 1. The highest BCUT2D eigenvalue weighted by molar-refractivity contribution is 6.30. The van der Waals surface area contributed by atoms with Crippen molar-refractivity contribution >= 4 is 17.4 Å². The summed E-state index contributed by atoms with van der Waals surface area (Å²) in [6.07, 6.45) is 2.76. The number of benzene rings is 2. The monoisotopic (exact) mass is 394 g/mol. The Morgan fingerprint density at radius 1 is 1.04 bits per heavy atom. The second-order valence-corrected chi connectivity index (χ2v) is 7.29. The maximum atomic E-state index is 6.01. The standard InChI is InChI=1S/C23H23ClN2O2/c1-2-27-22-13-17(12-18-14-26-23-20(18)4-3-11-25-23)7-10-21(22)28-15-16-5-8-19(24)9-6-16/h3-11,13,18H,2,12,14-15H2,1H3,(H,25,26). The number of fused-ring (bicyclic) bond motifs is 1. The van der Waals surface area contributed by atoms with E-state index in [1.807, 2.05) is 49.5 Å². The molecule has 2 aromatic carbocycles. The van der Waals surface area contributed by atoms with Crippen molar-refractivity contribution in [2.75, 3.05) is 18.5 Å². The molecule has 4 rings (SSSR count). The largest absolute Gasteiger partial charge is 0.490 e. The van der Waals surface area contributed by atoms with E-state index in [0.29, 0.717) is 19.1 Å². The topological polar surface area (TPSA) is 43.4 Å². The van der Waals surface area contributed by atoms with Gasteiger partial charge in [0.15, 0.2) is 11.5 Å². The molecule has 0 radical (unpaired) electrons. The Balaban J connectivity index is 1.48. The van der Waals surface area contributed by atoms with Gasteiger partial charge in [-0.2, -0.15) is 0 Å². The van der Waals surface area contributed by atoms with Gasteiger partial charge in [0.05, 0.1) is 6.61 Å². The molecule has 1 aromatic heterocycles. The Labute approximate surface area is 170 Å². The van der Waals surface area contributed by atoms with Crippen molar-refractivity contribution in [3.8, 4) is 11.5 Å². The van der Waals surface area contributed by atoms with Crippen LogP contribution in [-0.4, -0.2) is 18.1 Å². The van der Waals surface area contributed by atoms with Gasteiger partial charge >= 0.3 is 0 Å². The van der Waals surface area contributed by atoms with Crippen LogP contribution in [0.25, 0.3) is 0 Å². The fraction of sp³-hybridized carbons (Fsp3) is 0.261. The second kappa shape index (κ2) is 8.53. The summed E-state index contributed by atoms with van der Waals surface area (Å²) < 4.78 is 11.9. The molecule has 0 saturated carbocycles. The molecule has 4 nitrogen and oxygen atoms in total. The number of halogens is 1. The predicted molar refractivity (Wildman–Crippen MR) is 113 cm³/mol. The molecular weight excluding hydrogens is 372 g/mol. The molecule has 0 bridgehead atoms. The lowest BCUT2D eigenvalue weighted by Gasteiger charge is -2.15. The second-order valence-electron chi connectivity index (χ2n) is 6.85. The zero-order valence-corrected chi connectivity index (χ0v) is 16.6. The van der Waals surface area contributed by atoms with E-state index < -0.39 is 0 Å². The fourth-order valence-corrected chi connectivity index (χ4v) is 3.63. The summed E-state index contributed by atoms with van der Waals surface area (Å²) in [7, 11) is 0. The van der Waals surface area contributed by atoms with Gasteiger partial charge in [0, 0.05) is 23.7 Å². The van der Waals surface area contributed by atoms with Crippen LogP contribution in [0.2, 0.25) is 5.02 Å². The van der Waals surface area contributed by atoms with Crippen molar-refractivity contribution in [2.45, 2.75) is 25.9 Å². The number of nitrogens with zero attached hydrogens (tertiary/aromatic N) is 1. The highest BCUT2D eigenvalue weighted by Gasteiger charge is 2.23. The van der Waals surface area contributed by atoms with Gasteiger partial charge in [-0.3, -0.25) is 0 Å². The summed E-state index contributed by atoms with van der Waals surface area (Å²) >= 11 is 5.94. The van der Waals surface area contributed by atoms with Crippen LogP contribution in [0, 0.1) is 0 Å². The van der Waals surface area contributed by atoms with Gasteiger partial charge in [0.25, 0.3) is 0 Å². The van der Waals surface area contributed by atoms with Crippen LogP contribution >= 0.6 is 11.6 Å². The van der Waals surface area contributed by atoms with Crippen molar-refractivity contribution in [1.29, 1.82) is 0 Å². The molecule has 1 unspecified atom stereocenters. The molecule has 5 heteroatoms. The Hall–Kier alpha value is -2.72. The zero-order chi connectivity index (χ0) is 19.3. The number of hydrogen-bond acceptors (Lipinski definition) is 4. The summed E-state index contributed by atoms with van der Waals surface area (Å²) in [6.45, 7) is 3.96. The Kier molecular flexibility index (Phi) is 5.68. The van der Waals surface area contributed by atoms with E-state index >= 15 is 0 Å². The molecule has 144 valence electrons. The van der Waals surface area contributed by atoms with Crippen molar-refractivity contribution in [3.05, 3.63) is 82.5 Å². The minimum absolute atomic E-state index is 0.416. The van der Waals surface area contributed by atoms with E-state index in [2.05, 4.69) is 28.5 Å². The highest BCUT2D eigenvalue weighted by Crippen LogP contribution is 2.35. The van der Waals surface area contributed by atoms with Crippen LogP contribution < -0.4 is 14.8 Å². The zero-order valence-electron chi connectivity index (χ0n) is 15.8. The third kappa shape index (κ3) is 4.23. The molecule has 0 amide bonds. The number of pyridine rings is 1. The molecule has 3 aromatic rings. The lowest BCUT2D eigenvalue weighted by atomic mass is 9.94. The van der Waals surface area contributed by atoms with Gasteiger partial charge in [-0.05, 0) is 60.4 Å². The Morgan fingerprint density at radius 3 is 2.68 bits per heavy atom. The molecule has 0 aliphatic carbocycles. The smallest absolute Gasteiger partial charge is 0.161 e. The molecule has 1 N–H and O–H groups in total. The van der Waals surface area contributed by atoms with Crippen LogP contribution in [-0.2, 0) is 13.0 Å². The van der Waals surface area contributed by atoms with Crippen LogP contribution in [0.5, 0.6) is 11.5 Å². The first-order valence-electron chi connectivity index (χ1n) is 9.54.